The van der Waals surface area contributed by atoms with Crippen LogP contribution < -0.4 is 0 Å². The summed E-state index contributed by atoms with van der Waals surface area (Å²) in [6, 6.07) is 9.66. The molecule has 1 unspecified atom stereocenters. The Morgan fingerprint density at radius 3 is 2.62 bits per heavy atom. The van der Waals surface area contributed by atoms with E-state index in [0.29, 0.717) is 0 Å². The predicted octanol–water partition coefficient (Wildman–Crippen LogP) is 1.97. The number of likely N-dealkylation sites (tertiary alicyclic amines) is 1. The van der Waals surface area contributed by atoms with Gasteiger partial charge in [0.05, 0.1) is 18.3 Å². The van der Waals surface area contributed by atoms with Crippen LogP contribution in [-0.4, -0.2) is 45.8 Å². The molecule has 6 heteroatoms. The van der Waals surface area contributed by atoms with Crippen LogP contribution >= 0.6 is 0 Å². The molecule has 1 amide bonds. The minimum Gasteiger partial charge on any atom is -0.452 e. The molecule has 0 saturated carbocycles. The second-order valence-corrected chi connectivity index (χ2v) is 5.97. The van der Waals surface area contributed by atoms with Gasteiger partial charge in [-0.2, -0.15) is 5.10 Å². The van der Waals surface area contributed by atoms with Crippen molar-refractivity contribution >= 4 is 11.9 Å². The Labute approximate surface area is 141 Å². The highest BCUT2D eigenvalue weighted by Gasteiger charge is 2.25. The molecule has 0 bridgehead atoms. The summed E-state index contributed by atoms with van der Waals surface area (Å²) >= 11 is 0. The zero-order valence-corrected chi connectivity index (χ0v) is 13.7. The van der Waals surface area contributed by atoms with Crippen LogP contribution in [0.4, 0.5) is 0 Å². The molecule has 2 heterocycles. The van der Waals surface area contributed by atoms with Gasteiger partial charge in [-0.15, -0.1) is 0 Å². The summed E-state index contributed by atoms with van der Waals surface area (Å²) in [5.41, 5.74) is 1.68. The molecule has 24 heavy (non-hydrogen) atoms. The van der Waals surface area contributed by atoms with E-state index in [2.05, 4.69) is 5.10 Å². The zero-order chi connectivity index (χ0) is 16.9. The average molecular weight is 327 g/mol. The van der Waals surface area contributed by atoms with Crippen LogP contribution in [0.2, 0.25) is 0 Å². The largest absolute Gasteiger partial charge is 0.452 e. The lowest BCUT2D eigenvalue weighted by Gasteiger charge is -2.20. The maximum absolute atomic E-state index is 12.2. The number of nitrogens with zero attached hydrogens (tertiary/aromatic N) is 3. The van der Waals surface area contributed by atoms with Crippen LogP contribution in [0.5, 0.6) is 0 Å². The summed E-state index contributed by atoms with van der Waals surface area (Å²) in [5, 5.41) is 4.25. The van der Waals surface area contributed by atoms with Gasteiger partial charge in [-0.3, -0.25) is 9.59 Å². The van der Waals surface area contributed by atoms with Crippen molar-refractivity contribution in [3.05, 3.63) is 48.3 Å². The number of carbonyl (C=O) groups excluding carboxylic acids is 2. The topological polar surface area (TPSA) is 64.4 Å². The zero-order valence-electron chi connectivity index (χ0n) is 13.7. The third-order valence-electron chi connectivity index (χ3n) is 4.08. The molecule has 1 atom stereocenters. The van der Waals surface area contributed by atoms with Gasteiger partial charge in [-0.25, -0.2) is 4.68 Å². The molecule has 0 N–H and O–H groups in total. The molecule has 6 nitrogen and oxygen atoms in total. The Balaban J connectivity index is 1.55. The average Bonchev–Trinajstić information content (AvgIpc) is 3.26. The summed E-state index contributed by atoms with van der Waals surface area (Å²) in [7, 11) is 0. The SMILES string of the molecule is CC(OC(=O)Cc1cnn(-c2ccccc2)c1)C(=O)N1CCCC1. The number of ether oxygens (including phenoxy) is 1. The lowest BCUT2D eigenvalue weighted by atomic mass is 10.2. The van der Waals surface area contributed by atoms with Gasteiger partial charge in [0.2, 0.25) is 0 Å². The molecule has 0 aliphatic carbocycles. The van der Waals surface area contributed by atoms with Crippen molar-refractivity contribution in [2.45, 2.75) is 32.3 Å². The summed E-state index contributed by atoms with van der Waals surface area (Å²) < 4.78 is 6.99. The highest BCUT2D eigenvalue weighted by Crippen LogP contribution is 2.12. The first-order valence-corrected chi connectivity index (χ1v) is 8.21. The predicted molar refractivity (Wildman–Crippen MR) is 88.6 cm³/mol. The number of rotatable bonds is 5. The lowest BCUT2D eigenvalue weighted by Crippen LogP contribution is -2.38. The van der Waals surface area contributed by atoms with Gasteiger partial charge in [0.1, 0.15) is 0 Å². The Morgan fingerprint density at radius 1 is 1.21 bits per heavy atom. The van der Waals surface area contributed by atoms with E-state index in [4.69, 9.17) is 4.74 Å². The fourth-order valence-corrected chi connectivity index (χ4v) is 2.82. The first kappa shape index (κ1) is 16.2. The third-order valence-corrected chi connectivity index (χ3v) is 4.08. The smallest absolute Gasteiger partial charge is 0.311 e. The van der Waals surface area contributed by atoms with Crippen LogP contribution in [0.25, 0.3) is 5.69 Å². The Kier molecular flexibility index (Phi) is 4.93. The molecule has 1 aliphatic heterocycles. The van der Waals surface area contributed by atoms with Crippen molar-refractivity contribution in [1.82, 2.24) is 14.7 Å². The van der Waals surface area contributed by atoms with E-state index in [1.54, 1.807) is 28.9 Å². The number of hydrogen-bond acceptors (Lipinski definition) is 4. The Bertz CT molecular complexity index is 705. The number of esters is 1. The molecular formula is C18H21N3O3. The molecule has 126 valence electrons. The normalized spacial score (nSPS) is 15.3. The minimum absolute atomic E-state index is 0.102. The van der Waals surface area contributed by atoms with E-state index in [1.807, 2.05) is 30.3 Å². The standard InChI is InChI=1S/C18H21N3O3/c1-14(18(23)20-9-5-6-10-20)24-17(22)11-15-12-19-21(13-15)16-7-3-2-4-8-16/h2-4,7-8,12-14H,5-6,9-11H2,1H3. The third kappa shape index (κ3) is 3.82. The number of hydrogen-bond donors (Lipinski definition) is 0. The van der Waals surface area contributed by atoms with Crippen LogP contribution in [0, 0.1) is 0 Å². The van der Waals surface area contributed by atoms with Gasteiger partial charge < -0.3 is 9.64 Å². The first-order chi connectivity index (χ1) is 11.6. The minimum atomic E-state index is -0.736. The molecule has 0 radical (unpaired) electrons. The summed E-state index contributed by atoms with van der Waals surface area (Å²) in [5.74, 6) is -0.525. The van der Waals surface area contributed by atoms with Gasteiger partial charge in [0, 0.05) is 24.8 Å². The molecule has 1 fully saturated rings. The molecule has 2 aromatic rings. The monoisotopic (exact) mass is 327 g/mol. The fraction of sp³-hybridized carbons (Fsp3) is 0.389. The second-order valence-electron chi connectivity index (χ2n) is 5.97. The van der Waals surface area contributed by atoms with E-state index in [-0.39, 0.29) is 12.3 Å². The van der Waals surface area contributed by atoms with Crippen molar-refractivity contribution < 1.29 is 14.3 Å². The van der Waals surface area contributed by atoms with E-state index in [0.717, 1.165) is 37.2 Å². The van der Waals surface area contributed by atoms with Crippen molar-refractivity contribution in [3.8, 4) is 5.69 Å². The number of carbonyl (C=O) groups is 2. The van der Waals surface area contributed by atoms with E-state index in [1.165, 1.54) is 0 Å². The van der Waals surface area contributed by atoms with Gasteiger partial charge >= 0.3 is 5.97 Å². The maximum Gasteiger partial charge on any atom is 0.311 e. The van der Waals surface area contributed by atoms with Crippen molar-refractivity contribution in [1.29, 1.82) is 0 Å². The van der Waals surface area contributed by atoms with E-state index >= 15 is 0 Å². The number of aromatic nitrogens is 2. The highest BCUT2D eigenvalue weighted by molar-refractivity contribution is 5.84. The molecule has 1 aliphatic rings. The van der Waals surface area contributed by atoms with Gasteiger partial charge in [-0.05, 0) is 31.9 Å². The summed E-state index contributed by atoms with van der Waals surface area (Å²) in [6.45, 7) is 3.14. The number of amides is 1. The van der Waals surface area contributed by atoms with Crippen LogP contribution in [-0.2, 0) is 20.7 Å². The van der Waals surface area contributed by atoms with Crippen LogP contribution in [0.15, 0.2) is 42.7 Å². The van der Waals surface area contributed by atoms with Gasteiger partial charge in [0.15, 0.2) is 6.10 Å². The Hall–Kier alpha value is -2.63. The Morgan fingerprint density at radius 2 is 1.92 bits per heavy atom. The molecule has 1 aromatic heterocycles. The number of para-hydroxylation sites is 1. The van der Waals surface area contributed by atoms with Crippen molar-refractivity contribution in [2.24, 2.45) is 0 Å². The number of benzene rings is 1. The van der Waals surface area contributed by atoms with E-state index in [9.17, 15) is 9.59 Å². The molecule has 3 rings (SSSR count). The summed E-state index contributed by atoms with van der Waals surface area (Å²) in [4.78, 5) is 26.0. The highest BCUT2D eigenvalue weighted by atomic mass is 16.5. The maximum atomic E-state index is 12.2. The van der Waals surface area contributed by atoms with Crippen LogP contribution in [0.3, 0.4) is 0 Å². The van der Waals surface area contributed by atoms with Crippen molar-refractivity contribution in [3.63, 3.8) is 0 Å². The lowest BCUT2D eigenvalue weighted by molar-refractivity contribution is -0.158. The van der Waals surface area contributed by atoms with E-state index < -0.39 is 12.1 Å². The van der Waals surface area contributed by atoms with Gasteiger partial charge in [-0.1, -0.05) is 18.2 Å². The molecule has 1 aromatic carbocycles. The molecule has 0 spiro atoms. The summed E-state index contributed by atoms with van der Waals surface area (Å²) in [6.07, 6.45) is 4.84. The van der Waals surface area contributed by atoms with Gasteiger partial charge in [0.25, 0.3) is 5.91 Å². The molecule has 1 saturated heterocycles. The van der Waals surface area contributed by atoms with Crippen molar-refractivity contribution in [2.75, 3.05) is 13.1 Å². The first-order valence-electron chi connectivity index (χ1n) is 8.21. The quantitative estimate of drug-likeness (QED) is 0.788. The fourth-order valence-electron chi connectivity index (χ4n) is 2.82. The second kappa shape index (κ2) is 7.29. The van der Waals surface area contributed by atoms with Crippen LogP contribution in [0.1, 0.15) is 25.3 Å². The molecular weight excluding hydrogens is 306 g/mol.